The van der Waals surface area contributed by atoms with Gasteiger partial charge in [0.15, 0.2) is 0 Å². The highest BCUT2D eigenvalue weighted by Crippen LogP contribution is 2.24. The standard InChI is InChI=1S/C15H23ClO/c1-4-5-12(2)14(11-16)10-13-6-8-15(17-3)9-7-13/h6-9,12,14H,4-5,10-11H2,1-3H3. The molecular formula is C15H23ClO. The number of benzene rings is 1. The molecule has 96 valence electrons. The van der Waals surface area contributed by atoms with Crippen LogP contribution in [-0.4, -0.2) is 13.0 Å². The van der Waals surface area contributed by atoms with Gasteiger partial charge in [-0.1, -0.05) is 38.8 Å². The molecule has 0 fully saturated rings. The lowest BCUT2D eigenvalue weighted by Gasteiger charge is -2.21. The fraction of sp³-hybridized carbons (Fsp3) is 0.600. The van der Waals surface area contributed by atoms with E-state index in [1.54, 1.807) is 7.11 Å². The summed E-state index contributed by atoms with van der Waals surface area (Å²) < 4.78 is 5.16. The molecule has 1 aromatic rings. The van der Waals surface area contributed by atoms with Crippen LogP contribution in [0.4, 0.5) is 0 Å². The molecule has 1 rings (SSSR count). The minimum atomic E-state index is 0.574. The Hall–Kier alpha value is -0.690. The molecule has 0 saturated heterocycles. The Morgan fingerprint density at radius 3 is 2.35 bits per heavy atom. The first kappa shape index (κ1) is 14.4. The van der Waals surface area contributed by atoms with E-state index in [4.69, 9.17) is 16.3 Å². The lowest BCUT2D eigenvalue weighted by molar-refractivity contribution is 0.363. The molecule has 0 spiro atoms. The minimum absolute atomic E-state index is 0.574. The van der Waals surface area contributed by atoms with Crippen molar-refractivity contribution in [3.8, 4) is 5.75 Å². The molecule has 1 nitrogen and oxygen atoms in total. The lowest BCUT2D eigenvalue weighted by atomic mass is 9.87. The molecule has 2 atom stereocenters. The zero-order chi connectivity index (χ0) is 12.7. The number of halogens is 1. The van der Waals surface area contributed by atoms with Crippen LogP contribution >= 0.6 is 11.6 Å². The summed E-state index contributed by atoms with van der Waals surface area (Å²) in [5.41, 5.74) is 1.35. The minimum Gasteiger partial charge on any atom is -0.497 e. The van der Waals surface area contributed by atoms with Gasteiger partial charge in [-0.2, -0.15) is 0 Å². The Bertz CT molecular complexity index is 307. The first-order valence-electron chi connectivity index (χ1n) is 6.40. The maximum absolute atomic E-state index is 6.08. The van der Waals surface area contributed by atoms with Crippen LogP contribution in [0.25, 0.3) is 0 Å². The van der Waals surface area contributed by atoms with E-state index in [9.17, 15) is 0 Å². The van der Waals surface area contributed by atoms with Crippen LogP contribution in [0, 0.1) is 11.8 Å². The molecule has 2 heteroatoms. The van der Waals surface area contributed by atoms with Crippen LogP contribution in [0.15, 0.2) is 24.3 Å². The summed E-state index contributed by atoms with van der Waals surface area (Å²) in [5, 5.41) is 0. The summed E-state index contributed by atoms with van der Waals surface area (Å²) >= 11 is 6.08. The maximum atomic E-state index is 6.08. The smallest absolute Gasteiger partial charge is 0.118 e. The first-order valence-corrected chi connectivity index (χ1v) is 6.93. The fourth-order valence-electron chi connectivity index (χ4n) is 2.16. The van der Waals surface area contributed by atoms with E-state index < -0.39 is 0 Å². The molecule has 0 N–H and O–H groups in total. The van der Waals surface area contributed by atoms with Crippen molar-refractivity contribution in [2.45, 2.75) is 33.1 Å². The third-order valence-corrected chi connectivity index (χ3v) is 3.80. The number of rotatable bonds is 7. The molecule has 0 aliphatic heterocycles. The molecule has 2 unspecified atom stereocenters. The maximum Gasteiger partial charge on any atom is 0.118 e. The summed E-state index contributed by atoms with van der Waals surface area (Å²) in [6.07, 6.45) is 3.55. The van der Waals surface area contributed by atoms with Gasteiger partial charge in [0.1, 0.15) is 5.75 Å². The van der Waals surface area contributed by atoms with Crippen LogP contribution in [0.1, 0.15) is 32.3 Å². The third kappa shape index (κ3) is 4.59. The lowest BCUT2D eigenvalue weighted by Crippen LogP contribution is -2.16. The number of alkyl halides is 1. The number of hydrogen-bond acceptors (Lipinski definition) is 1. The Balaban J connectivity index is 2.60. The van der Waals surface area contributed by atoms with Crippen molar-refractivity contribution in [2.24, 2.45) is 11.8 Å². The molecule has 0 aliphatic carbocycles. The molecule has 0 radical (unpaired) electrons. The quantitative estimate of drug-likeness (QED) is 0.650. The predicted molar refractivity (Wildman–Crippen MR) is 75.0 cm³/mol. The predicted octanol–water partition coefficient (Wildman–Crippen LogP) is 4.53. The van der Waals surface area contributed by atoms with Crippen molar-refractivity contribution in [3.63, 3.8) is 0 Å². The molecule has 17 heavy (non-hydrogen) atoms. The second kappa shape index (κ2) is 7.60. The van der Waals surface area contributed by atoms with Gasteiger partial charge in [-0.05, 0) is 36.0 Å². The number of methoxy groups -OCH3 is 1. The van der Waals surface area contributed by atoms with Gasteiger partial charge in [-0.15, -0.1) is 11.6 Å². The third-order valence-electron chi connectivity index (χ3n) is 3.40. The Morgan fingerprint density at radius 1 is 1.24 bits per heavy atom. The first-order chi connectivity index (χ1) is 8.21. The topological polar surface area (TPSA) is 9.23 Å². The van der Waals surface area contributed by atoms with Crippen molar-refractivity contribution >= 4 is 11.6 Å². The number of ether oxygens (including phenoxy) is 1. The molecular weight excluding hydrogens is 232 g/mol. The summed E-state index contributed by atoms with van der Waals surface area (Å²) in [6.45, 7) is 4.54. The van der Waals surface area contributed by atoms with Gasteiger partial charge in [0.25, 0.3) is 0 Å². The van der Waals surface area contributed by atoms with Crippen LogP contribution in [0.3, 0.4) is 0 Å². The zero-order valence-electron chi connectivity index (χ0n) is 11.1. The van der Waals surface area contributed by atoms with E-state index in [2.05, 4.69) is 26.0 Å². The summed E-state index contributed by atoms with van der Waals surface area (Å²) in [6, 6.07) is 8.31. The molecule has 0 aromatic heterocycles. The highest BCUT2D eigenvalue weighted by Gasteiger charge is 2.16. The zero-order valence-corrected chi connectivity index (χ0v) is 11.8. The van der Waals surface area contributed by atoms with E-state index in [1.165, 1.54) is 18.4 Å². The van der Waals surface area contributed by atoms with Gasteiger partial charge in [-0.25, -0.2) is 0 Å². The average Bonchev–Trinajstić information content (AvgIpc) is 2.37. The monoisotopic (exact) mass is 254 g/mol. The average molecular weight is 255 g/mol. The van der Waals surface area contributed by atoms with E-state index in [-0.39, 0.29) is 0 Å². The second-order valence-corrected chi connectivity index (χ2v) is 5.04. The largest absolute Gasteiger partial charge is 0.497 e. The van der Waals surface area contributed by atoms with Gasteiger partial charge < -0.3 is 4.74 Å². The SMILES string of the molecule is CCCC(C)C(CCl)Cc1ccc(OC)cc1. The number of hydrogen-bond donors (Lipinski definition) is 0. The van der Waals surface area contributed by atoms with Crippen molar-refractivity contribution in [1.82, 2.24) is 0 Å². The van der Waals surface area contributed by atoms with Gasteiger partial charge in [0.05, 0.1) is 7.11 Å². The van der Waals surface area contributed by atoms with Crippen molar-refractivity contribution < 1.29 is 4.74 Å². The molecule has 0 heterocycles. The fourth-order valence-corrected chi connectivity index (χ4v) is 2.58. The highest BCUT2D eigenvalue weighted by molar-refractivity contribution is 6.18. The summed E-state index contributed by atoms with van der Waals surface area (Å²) in [5.74, 6) is 2.93. The van der Waals surface area contributed by atoms with E-state index in [0.717, 1.165) is 18.1 Å². The Kier molecular flexibility index (Phi) is 6.43. The van der Waals surface area contributed by atoms with Crippen molar-refractivity contribution in [3.05, 3.63) is 29.8 Å². The molecule has 0 amide bonds. The summed E-state index contributed by atoms with van der Waals surface area (Å²) in [4.78, 5) is 0. The van der Waals surface area contributed by atoms with Crippen LogP contribution in [-0.2, 0) is 6.42 Å². The van der Waals surface area contributed by atoms with Crippen LogP contribution in [0.2, 0.25) is 0 Å². The van der Waals surface area contributed by atoms with E-state index in [0.29, 0.717) is 11.8 Å². The Morgan fingerprint density at radius 2 is 1.88 bits per heavy atom. The molecule has 0 aliphatic rings. The second-order valence-electron chi connectivity index (χ2n) is 4.73. The normalized spacial score (nSPS) is 14.4. The van der Waals surface area contributed by atoms with Gasteiger partial charge >= 0.3 is 0 Å². The van der Waals surface area contributed by atoms with E-state index in [1.807, 2.05) is 12.1 Å². The van der Waals surface area contributed by atoms with Gasteiger partial charge in [-0.3, -0.25) is 0 Å². The molecule has 0 bridgehead atoms. The van der Waals surface area contributed by atoms with Gasteiger partial charge in [0.2, 0.25) is 0 Å². The highest BCUT2D eigenvalue weighted by atomic mass is 35.5. The van der Waals surface area contributed by atoms with Crippen LogP contribution in [0.5, 0.6) is 5.75 Å². The summed E-state index contributed by atoms with van der Waals surface area (Å²) in [7, 11) is 1.69. The van der Waals surface area contributed by atoms with Gasteiger partial charge in [0, 0.05) is 5.88 Å². The molecule has 1 aromatic carbocycles. The van der Waals surface area contributed by atoms with E-state index >= 15 is 0 Å². The van der Waals surface area contributed by atoms with Crippen molar-refractivity contribution in [1.29, 1.82) is 0 Å². The van der Waals surface area contributed by atoms with Crippen molar-refractivity contribution in [2.75, 3.05) is 13.0 Å². The Labute approximate surface area is 110 Å². The van der Waals surface area contributed by atoms with Crippen LogP contribution < -0.4 is 4.74 Å². The molecule has 0 saturated carbocycles.